The van der Waals surface area contributed by atoms with Crippen LogP contribution < -0.4 is 11.5 Å². The SMILES string of the molecule is C=C(C)C(=O)OCC(C)N.C=CC(=O)OCC(C)N. The molecule has 19 heavy (non-hydrogen) atoms. The summed E-state index contributed by atoms with van der Waals surface area (Å²) in [6.07, 6.45) is 1.11. The van der Waals surface area contributed by atoms with E-state index >= 15 is 0 Å². The molecule has 0 rings (SSSR count). The number of rotatable bonds is 6. The highest BCUT2D eigenvalue weighted by Crippen LogP contribution is 1.91. The lowest BCUT2D eigenvalue weighted by molar-refractivity contribution is -0.139. The maximum absolute atomic E-state index is 10.7. The lowest BCUT2D eigenvalue weighted by Crippen LogP contribution is -2.24. The Balaban J connectivity index is 0. The Bertz CT molecular complexity index is 312. The summed E-state index contributed by atoms with van der Waals surface area (Å²) in [5, 5.41) is 0. The molecular formula is C13H24N2O4. The Morgan fingerprint density at radius 3 is 1.89 bits per heavy atom. The van der Waals surface area contributed by atoms with Crippen LogP contribution in [0.25, 0.3) is 0 Å². The van der Waals surface area contributed by atoms with Crippen LogP contribution in [-0.2, 0) is 19.1 Å². The van der Waals surface area contributed by atoms with Gasteiger partial charge in [-0.2, -0.15) is 0 Å². The molecule has 0 aromatic heterocycles. The smallest absolute Gasteiger partial charge is 0.333 e. The molecule has 0 amide bonds. The van der Waals surface area contributed by atoms with Gasteiger partial charge in [-0.15, -0.1) is 0 Å². The van der Waals surface area contributed by atoms with Gasteiger partial charge in [-0.1, -0.05) is 13.2 Å². The second-order valence-corrected chi connectivity index (χ2v) is 4.17. The van der Waals surface area contributed by atoms with Crippen molar-refractivity contribution < 1.29 is 19.1 Å². The zero-order valence-corrected chi connectivity index (χ0v) is 11.8. The molecule has 0 bridgehead atoms. The van der Waals surface area contributed by atoms with Crippen LogP contribution in [-0.4, -0.2) is 37.2 Å². The number of carbonyl (C=O) groups is 2. The summed E-state index contributed by atoms with van der Waals surface area (Å²) in [5.74, 6) is -0.801. The molecule has 4 N–H and O–H groups in total. The van der Waals surface area contributed by atoms with Crippen molar-refractivity contribution >= 4 is 11.9 Å². The molecule has 0 heterocycles. The zero-order valence-electron chi connectivity index (χ0n) is 11.8. The Morgan fingerprint density at radius 1 is 1.16 bits per heavy atom. The number of ether oxygens (including phenoxy) is 2. The molecule has 2 unspecified atom stereocenters. The van der Waals surface area contributed by atoms with Gasteiger partial charge in [0, 0.05) is 23.7 Å². The van der Waals surface area contributed by atoms with E-state index in [1.807, 2.05) is 0 Å². The van der Waals surface area contributed by atoms with E-state index in [-0.39, 0.29) is 31.3 Å². The average molecular weight is 272 g/mol. The van der Waals surface area contributed by atoms with Crippen molar-refractivity contribution in [2.24, 2.45) is 11.5 Å². The minimum Gasteiger partial charge on any atom is -0.461 e. The van der Waals surface area contributed by atoms with E-state index in [9.17, 15) is 9.59 Å². The van der Waals surface area contributed by atoms with E-state index in [2.05, 4.69) is 17.9 Å². The molecule has 0 saturated carbocycles. The van der Waals surface area contributed by atoms with Gasteiger partial charge in [-0.05, 0) is 20.8 Å². The summed E-state index contributed by atoms with van der Waals surface area (Å²) in [4.78, 5) is 21.0. The minimum absolute atomic E-state index is 0.103. The van der Waals surface area contributed by atoms with E-state index in [1.54, 1.807) is 20.8 Å². The normalized spacial score (nSPS) is 12.3. The first kappa shape index (κ1) is 19.7. The van der Waals surface area contributed by atoms with Gasteiger partial charge in [0.1, 0.15) is 13.2 Å². The highest BCUT2D eigenvalue weighted by Gasteiger charge is 2.03. The van der Waals surface area contributed by atoms with Crippen LogP contribution in [0.3, 0.4) is 0 Å². The van der Waals surface area contributed by atoms with Gasteiger partial charge in [-0.3, -0.25) is 0 Å². The highest BCUT2D eigenvalue weighted by molar-refractivity contribution is 5.86. The molecule has 0 aliphatic heterocycles. The molecule has 6 nitrogen and oxygen atoms in total. The van der Waals surface area contributed by atoms with Gasteiger partial charge in [0.15, 0.2) is 0 Å². The molecule has 0 aromatic carbocycles. The van der Waals surface area contributed by atoms with Gasteiger partial charge in [0.25, 0.3) is 0 Å². The predicted octanol–water partition coefficient (Wildman–Crippen LogP) is 0.516. The van der Waals surface area contributed by atoms with Crippen LogP contribution >= 0.6 is 0 Å². The fourth-order valence-corrected chi connectivity index (χ4v) is 0.603. The van der Waals surface area contributed by atoms with Gasteiger partial charge in [0.2, 0.25) is 0 Å². The largest absolute Gasteiger partial charge is 0.461 e. The molecule has 0 saturated heterocycles. The van der Waals surface area contributed by atoms with Crippen LogP contribution in [0.1, 0.15) is 20.8 Å². The summed E-state index contributed by atoms with van der Waals surface area (Å²) in [7, 11) is 0. The van der Waals surface area contributed by atoms with Crippen LogP contribution in [0.15, 0.2) is 24.8 Å². The molecule has 2 atom stereocenters. The molecule has 0 aromatic rings. The van der Waals surface area contributed by atoms with E-state index in [4.69, 9.17) is 16.2 Å². The molecule has 0 aliphatic rings. The molecule has 110 valence electrons. The fourth-order valence-electron chi connectivity index (χ4n) is 0.603. The van der Waals surface area contributed by atoms with Crippen molar-refractivity contribution in [3.63, 3.8) is 0 Å². The van der Waals surface area contributed by atoms with Gasteiger partial charge >= 0.3 is 11.9 Å². The standard InChI is InChI=1S/C7H13NO2.C6H11NO2/c1-5(2)7(9)10-4-6(3)8;1-3-6(8)9-4-5(2)7/h6H,1,4,8H2,2-3H3;3,5H,1,4,7H2,2H3. The first-order valence-electron chi connectivity index (χ1n) is 5.83. The van der Waals surface area contributed by atoms with E-state index in [0.717, 1.165) is 6.08 Å². The van der Waals surface area contributed by atoms with E-state index < -0.39 is 5.97 Å². The molecule has 0 aliphatic carbocycles. The topological polar surface area (TPSA) is 105 Å². The summed E-state index contributed by atoms with van der Waals surface area (Å²) in [6.45, 7) is 12.3. The summed E-state index contributed by atoms with van der Waals surface area (Å²) in [6, 6.07) is -0.211. The highest BCUT2D eigenvalue weighted by atomic mass is 16.5. The monoisotopic (exact) mass is 272 g/mol. The van der Waals surface area contributed by atoms with Gasteiger partial charge in [0.05, 0.1) is 0 Å². The molecular weight excluding hydrogens is 248 g/mol. The second kappa shape index (κ2) is 11.4. The molecule has 0 fully saturated rings. The van der Waals surface area contributed by atoms with Crippen molar-refractivity contribution in [1.29, 1.82) is 0 Å². The third kappa shape index (κ3) is 16.3. The number of nitrogens with two attached hydrogens (primary N) is 2. The molecule has 0 radical (unpaired) electrons. The summed E-state index contributed by atoms with van der Waals surface area (Å²) >= 11 is 0. The van der Waals surface area contributed by atoms with Gasteiger partial charge in [-0.25, -0.2) is 9.59 Å². The third-order valence-corrected chi connectivity index (χ3v) is 1.48. The van der Waals surface area contributed by atoms with Crippen LogP contribution in [0.4, 0.5) is 0 Å². The Kier molecular flexibility index (Phi) is 11.8. The quantitative estimate of drug-likeness (QED) is 0.539. The van der Waals surface area contributed by atoms with E-state index in [0.29, 0.717) is 5.57 Å². The summed E-state index contributed by atoms with van der Waals surface area (Å²) < 4.78 is 9.27. The fraction of sp³-hybridized carbons (Fsp3) is 0.538. The first-order valence-corrected chi connectivity index (χ1v) is 5.83. The number of carbonyl (C=O) groups excluding carboxylic acids is 2. The van der Waals surface area contributed by atoms with Gasteiger partial charge < -0.3 is 20.9 Å². The van der Waals surface area contributed by atoms with Crippen molar-refractivity contribution in [3.8, 4) is 0 Å². The second-order valence-electron chi connectivity index (χ2n) is 4.17. The first-order chi connectivity index (χ1) is 8.70. The average Bonchev–Trinajstić information content (AvgIpc) is 2.33. The van der Waals surface area contributed by atoms with Crippen LogP contribution in [0.5, 0.6) is 0 Å². The Hall–Kier alpha value is -1.66. The maximum atomic E-state index is 10.7. The number of hydrogen-bond donors (Lipinski definition) is 2. The molecule has 0 spiro atoms. The lowest BCUT2D eigenvalue weighted by atomic mass is 10.3. The zero-order chi connectivity index (χ0) is 15.4. The van der Waals surface area contributed by atoms with Crippen molar-refractivity contribution in [2.45, 2.75) is 32.9 Å². The molecule has 6 heteroatoms. The van der Waals surface area contributed by atoms with Crippen LogP contribution in [0.2, 0.25) is 0 Å². The van der Waals surface area contributed by atoms with Crippen LogP contribution in [0, 0.1) is 0 Å². The Labute approximate surface area is 114 Å². The maximum Gasteiger partial charge on any atom is 0.333 e. The lowest BCUT2D eigenvalue weighted by Gasteiger charge is -2.05. The Morgan fingerprint density at radius 2 is 1.58 bits per heavy atom. The number of esters is 2. The minimum atomic E-state index is -0.424. The van der Waals surface area contributed by atoms with Crippen molar-refractivity contribution in [3.05, 3.63) is 24.8 Å². The van der Waals surface area contributed by atoms with Crippen molar-refractivity contribution in [1.82, 2.24) is 0 Å². The summed E-state index contributed by atoms with van der Waals surface area (Å²) in [5.41, 5.74) is 11.0. The number of hydrogen-bond acceptors (Lipinski definition) is 6. The van der Waals surface area contributed by atoms with Crippen molar-refractivity contribution in [2.75, 3.05) is 13.2 Å². The van der Waals surface area contributed by atoms with E-state index in [1.165, 1.54) is 0 Å². The third-order valence-electron chi connectivity index (χ3n) is 1.48. The predicted molar refractivity (Wildman–Crippen MR) is 74.2 cm³/mol.